The quantitative estimate of drug-likeness (QED) is 0.802. The van der Waals surface area contributed by atoms with Crippen LogP contribution in [0.4, 0.5) is 0 Å². The second-order valence-electron chi connectivity index (χ2n) is 4.14. The van der Waals surface area contributed by atoms with E-state index in [4.69, 9.17) is 4.74 Å². The molecular formula is C12H19NOS. The van der Waals surface area contributed by atoms with E-state index in [1.54, 1.807) is 18.4 Å². The van der Waals surface area contributed by atoms with Gasteiger partial charge in [-0.3, -0.25) is 0 Å². The van der Waals surface area contributed by atoms with Gasteiger partial charge in [0.15, 0.2) is 0 Å². The predicted molar refractivity (Wildman–Crippen MR) is 64.6 cm³/mol. The largest absolute Gasteiger partial charge is 0.496 e. The zero-order chi connectivity index (χ0) is 10.7. The molecule has 1 unspecified atom stereocenters. The summed E-state index contributed by atoms with van der Waals surface area (Å²) in [7, 11) is 1.76. The summed E-state index contributed by atoms with van der Waals surface area (Å²) in [6.45, 7) is 3.19. The second kappa shape index (κ2) is 4.99. The molecule has 2 rings (SSSR count). The van der Waals surface area contributed by atoms with Gasteiger partial charge in [-0.1, -0.05) is 19.8 Å². The molecule has 1 aromatic rings. The van der Waals surface area contributed by atoms with Gasteiger partial charge in [0.05, 0.1) is 12.0 Å². The Hall–Kier alpha value is -0.540. The first-order valence-electron chi connectivity index (χ1n) is 5.70. The first-order chi connectivity index (χ1) is 7.35. The molecule has 15 heavy (non-hydrogen) atoms. The summed E-state index contributed by atoms with van der Waals surface area (Å²) in [6, 6.07) is 2.56. The number of methoxy groups -OCH3 is 1. The fourth-order valence-electron chi connectivity index (χ4n) is 1.95. The number of rotatable bonds is 6. The Morgan fingerprint density at radius 1 is 1.60 bits per heavy atom. The van der Waals surface area contributed by atoms with E-state index in [1.165, 1.54) is 24.1 Å². The minimum atomic E-state index is 0.498. The van der Waals surface area contributed by atoms with E-state index >= 15 is 0 Å². The third kappa shape index (κ3) is 2.73. The monoisotopic (exact) mass is 225 g/mol. The van der Waals surface area contributed by atoms with Gasteiger partial charge in [-0.25, -0.2) is 0 Å². The molecule has 1 aliphatic carbocycles. The SMILES string of the molecule is CCNC(CC1CC1)c1sccc1OC. The van der Waals surface area contributed by atoms with E-state index in [1.807, 2.05) is 0 Å². The van der Waals surface area contributed by atoms with Crippen molar-refractivity contribution >= 4 is 11.3 Å². The van der Waals surface area contributed by atoms with Crippen molar-refractivity contribution < 1.29 is 4.74 Å². The van der Waals surface area contributed by atoms with Crippen molar-refractivity contribution in [1.82, 2.24) is 5.32 Å². The van der Waals surface area contributed by atoms with Crippen molar-refractivity contribution in [2.45, 2.75) is 32.2 Å². The molecule has 84 valence electrons. The number of hydrogen-bond donors (Lipinski definition) is 1. The van der Waals surface area contributed by atoms with E-state index in [0.717, 1.165) is 18.2 Å². The lowest BCUT2D eigenvalue weighted by molar-refractivity contribution is 0.398. The molecule has 0 aliphatic heterocycles. The van der Waals surface area contributed by atoms with Gasteiger partial charge in [-0.2, -0.15) is 0 Å². The molecule has 0 radical (unpaired) electrons. The molecule has 1 N–H and O–H groups in total. The molecule has 0 saturated heterocycles. The Labute approximate surface area is 95.6 Å². The van der Waals surface area contributed by atoms with E-state index < -0.39 is 0 Å². The maximum Gasteiger partial charge on any atom is 0.134 e. The predicted octanol–water partition coefficient (Wildman–Crippen LogP) is 3.21. The lowest BCUT2D eigenvalue weighted by atomic mass is 10.1. The number of nitrogens with one attached hydrogen (secondary N) is 1. The van der Waals surface area contributed by atoms with Gasteiger partial charge in [-0.05, 0) is 30.3 Å². The van der Waals surface area contributed by atoms with Crippen molar-refractivity contribution in [2.75, 3.05) is 13.7 Å². The smallest absolute Gasteiger partial charge is 0.134 e. The van der Waals surface area contributed by atoms with Gasteiger partial charge in [0, 0.05) is 6.04 Å². The molecular weight excluding hydrogens is 206 g/mol. The van der Waals surface area contributed by atoms with Crippen molar-refractivity contribution in [3.05, 3.63) is 16.3 Å². The van der Waals surface area contributed by atoms with Crippen molar-refractivity contribution in [3.8, 4) is 5.75 Å². The Bertz CT molecular complexity index is 306. The molecule has 1 heterocycles. The maximum atomic E-state index is 5.39. The summed E-state index contributed by atoms with van der Waals surface area (Å²) in [4.78, 5) is 1.37. The molecule has 1 atom stereocenters. The summed E-state index contributed by atoms with van der Waals surface area (Å²) in [6.07, 6.45) is 4.09. The van der Waals surface area contributed by atoms with E-state index in [9.17, 15) is 0 Å². The summed E-state index contributed by atoms with van der Waals surface area (Å²) >= 11 is 1.80. The molecule has 1 aliphatic rings. The number of ether oxygens (including phenoxy) is 1. The molecule has 3 heteroatoms. The molecule has 0 aromatic carbocycles. The average Bonchev–Trinajstić information content (AvgIpc) is 2.93. The van der Waals surface area contributed by atoms with Crippen LogP contribution in [0.25, 0.3) is 0 Å². The average molecular weight is 225 g/mol. The van der Waals surface area contributed by atoms with Gasteiger partial charge < -0.3 is 10.1 Å². The Balaban J connectivity index is 2.07. The summed E-state index contributed by atoms with van der Waals surface area (Å²) < 4.78 is 5.39. The summed E-state index contributed by atoms with van der Waals surface area (Å²) in [5.41, 5.74) is 0. The van der Waals surface area contributed by atoms with Crippen LogP contribution in [0.15, 0.2) is 11.4 Å². The van der Waals surface area contributed by atoms with Crippen LogP contribution in [0, 0.1) is 5.92 Å². The van der Waals surface area contributed by atoms with Crippen LogP contribution in [0.1, 0.15) is 37.1 Å². The minimum absolute atomic E-state index is 0.498. The van der Waals surface area contributed by atoms with E-state index in [-0.39, 0.29) is 0 Å². The maximum absolute atomic E-state index is 5.39. The van der Waals surface area contributed by atoms with Crippen LogP contribution in [0.5, 0.6) is 5.75 Å². The van der Waals surface area contributed by atoms with Gasteiger partial charge in [-0.15, -0.1) is 11.3 Å². The molecule has 1 fully saturated rings. The van der Waals surface area contributed by atoms with Crippen molar-refractivity contribution in [3.63, 3.8) is 0 Å². The number of hydrogen-bond acceptors (Lipinski definition) is 3. The highest BCUT2D eigenvalue weighted by Gasteiger charge is 2.27. The van der Waals surface area contributed by atoms with Crippen LogP contribution in [-0.2, 0) is 0 Å². The lowest BCUT2D eigenvalue weighted by Gasteiger charge is -2.17. The first kappa shape index (κ1) is 11.0. The molecule has 1 aromatic heterocycles. The number of thiophene rings is 1. The highest BCUT2D eigenvalue weighted by molar-refractivity contribution is 7.10. The normalized spacial score (nSPS) is 17.7. The summed E-state index contributed by atoms with van der Waals surface area (Å²) in [5.74, 6) is 1.99. The van der Waals surface area contributed by atoms with Gasteiger partial charge in [0.25, 0.3) is 0 Å². The molecule has 0 amide bonds. The zero-order valence-electron chi connectivity index (χ0n) is 9.45. The van der Waals surface area contributed by atoms with Crippen LogP contribution in [0.2, 0.25) is 0 Å². The first-order valence-corrected chi connectivity index (χ1v) is 6.57. The zero-order valence-corrected chi connectivity index (χ0v) is 10.3. The highest BCUT2D eigenvalue weighted by Crippen LogP contribution is 2.41. The van der Waals surface area contributed by atoms with Crippen LogP contribution in [-0.4, -0.2) is 13.7 Å². The van der Waals surface area contributed by atoms with E-state index in [2.05, 4.69) is 23.7 Å². The van der Waals surface area contributed by atoms with Crippen LogP contribution >= 0.6 is 11.3 Å². The molecule has 0 bridgehead atoms. The second-order valence-corrected chi connectivity index (χ2v) is 5.09. The topological polar surface area (TPSA) is 21.3 Å². The Morgan fingerprint density at radius 3 is 3.00 bits per heavy atom. The highest BCUT2D eigenvalue weighted by atomic mass is 32.1. The Morgan fingerprint density at radius 2 is 2.40 bits per heavy atom. The van der Waals surface area contributed by atoms with Gasteiger partial charge >= 0.3 is 0 Å². The van der Waals surface area contributed by atoms with Crippen LogP contribution < -0.4 is 10.1 Å². The van der Waals surface area contributed by atoms with E-state index in [0.29, 0.717) is 6.04 Å². The fraction of sp³-hybridized carbons (Fsp3) is 0.667. The Kier molecular flexibility index (Phi) is 3.65. The third-order valence-electron chi connectivity index (χ3n) is 2.91. The molecule has 1 saturated carbocycles. The third-order valence-corrected chi connectivity index (χ3v) is 3.92. The fourth-order valence-corrected chi connectivity index (χ4v) is 2.90. The van der Waals surface area contributed by atoms with Crippen molar-refractivity contribution in [2.24, 2.45) is 5.92 Å². The van der Waals surface area contributed by atoms with Crippen molar-refractivity contribution in [1.29, 1.82) is 0 Å². The summed E-state index contributed by atoms with van der Waals surface area (Å²) in [5, 5.41) is 5.68. The minimum Gasteiger partial charge on any atom is -0.496 e. The van der Waals surface area contributed by atoms with Crippen LogP contribution in [0.3, 0.4) is 0 Å². The standard InChI is InChI=1S/C12H19NOS/c1-3-13-10(8-9-4-5-9)12-11(14-2)6-7-15-12/h6-7,9-10,13H,3-5,8H2,1-2H3. The van der Waals surface area contributed by atoms with Gasteiger partial charge in [0.2, 0.25) is 0 Å². The lowest BCUT2D eigenvalue weighted by Crippen LogP contribution is -2.20. The molecule has 2 nitrogen and oxygen atoms in total. The van der Waals surface area contributed by atoms with Gasteiger partial charge in [0.1, 0.15) is 5.75 Å². The molecule has 0 spiro atoms.